The first-order valence-electron chi connectivity index (χ1n) is 6.62. The third kappa shape index (κ3) is 2.51. The van der Waals surface area contributed by atoms with Crippen LogP contribution in [0.25, 0.3) is 0 Å². The number of hydrogen-bond acceptors (Lipinski definition) is 5. The summed E-state index contributed by atoms with van der Waals surface area (Å²) in [5, 5.41) is 4.59. The van der Waals surface area contributed by atoms with Crippen molar-refractivity contribution in [1.29, 1.82) is 0 Å². The Morgan fingerprint density at radius 2 is 2.25 bits per heavy atom. The zero-order valence-electron chi connectivity index (χ0n) is 11.2. The summed E-state index contributed by atoms with van der Waals surface area (Å²) in [6.07, 6.45) is 2.55. The van der Waals surface area contributed by atoms with E-state index in [1.54, 1.807) is 12.1 Å². The summed E-state index contributed by atoms with van der Waals surface area (Å²) in [5.74, 6) is 1.66. The highest BCUT2D eigenvalue weighted by Gasteiger charge is 2.39. The van der Waals surface area contributed by atoms with E-state index in [-0.39, 0.29) is 6.10 Å². The maximum Gasteiger partial charge on any atom is 0.267 e. The van der Waals surface area contributed by atoms with E-state index in [9.17, 15) is 0 Å². The van der Waals surface area contributed by atoms with Crippen molar-refractivity contribution >= 4 is 11.6 Å². The second-order valence-electron chi connectivity index (χ2n) is 5.18. The molecule has 0 radical (unpaired) electrons. The molecule has 1 saturated carbocycles. The van der Waals surface area contributed by atoms with Crippen molar-refractivity contribution < 1.29 is 9.26 Å². The van der Waals surface area contributed by atoms with E-state index in [1.165, 1.54) is 0 Å². The van der Waals surface area contributed by atoms with Gasteiger partial charge in [-0.2, -0.15) is 4.98 Å². The lowest BCUT2D eigenvalue weighted by Crippen LogP contribution is -2.44. The van der Waals surface area contributed by atoms with Gasteiger partial charge in [-0.1, -0.05) is 22.8 Å². The molecular formula is C14H16ClN3O2. The molecule has 2 aromatic rings. The molecule has 1 aromatic heterocycles. The standard InChI is InChI=1S/C14H16ClN3O2/c1-9(19-11-5-2-4-10(15)8-11)12-17-13(18-20-12)14(16)6-3-7-14/h2,4-5,8-9H,3,6-7,16H2,1H3. The SMILES string of the molecule is CC(Oc1cccc(Cl)c1)c1nc(C2(N)CCC2)no1. The smallest absolute Gasteiger partial charge is 0.267 e. The van der Waals surface area contributed by atoms with Gasteiger partial charge in [0, 0.05) is 5.02 Å². The Labute approximate surface area is 122 Å². The molecule has 1 unspecified atom stereocenters. The van der Waals surface area contributed by atoms with Crippen LogP contribution in [0.3, 0.4) is 0 Å². The molecule has 0 aliphatic heterocycles. The van der Waals surface area contributed by atoms with Gasteiger partial charge in [0.25, 0.3) is 5.89 Å². The maximum absolute atomic E-state index is 6.17. The minimum Gasteiger partial charge on any atom is -0.481 e. The lowest BCUT2D eigenvalue weighted by atomic mass is 9.77. The van der Waals surface area contributed by atoms with Crippen LogP contribution in [0.1, 0.15) is 44.0 Å². The molecule has 0 saturated heterocycles. The van der Waals surface area contributed by atoms with Crippen molar-refractivity contribution in [3.8, 4) is 5.75 Å². The second-order valence-corrected chi connectivity index (χ2v) is 5.62. The van der Waals surface area contributed by atoms with Crippen LogP contribution in [-0.4, -0.2) is 10.1 Å². The first-order chi connectivity index (χ1) is 9.57. The summed E-state index contributed by atoms with van der Waals surface area (Å²) in [5.41, 5.74) is 5.75. The highest BCUT2D eigenvalue weighted by molar-refractivity contribution is 6.30. The van der Waals surface area contributed by atoms with Gasteiger partial charge < -0.3 is 15.0 Å². The topological polar surface area (TPSA) is 74.2 Å². The Bertz CT molecular complexity index is 610. The Morgan fingerprint density at radius 1 is 1.45 bits per heavy atom. The summed E-state index contributed by atoms with van der Waals surface area (Å²) < 4.78 is 11.0. The highest BCUT2D eigenvalue weighted by Crippen LogP contribution is 2.37. The number of ether oxygens (including phenoxy) is 1. The van der Waals surface area contributed by atoms with Crippen molar-refractivity contribution in [2.24, 2.45) is 5.73 Å². The maximum atomic E-state index is 6.17. The van der Waals surface area contributed by atoms with Crippen molar-refractivity contribution in [1.82, 2.24) is 10.1 Å². The number of halogens is 1. The predicted octanol–water partition coefficient (Wildman–Crippen LogP) is 3.20. The van der Waals surface area contributed by atoms with Gasteiger partial charge in [0.15, 0.2) is 11.9 Å². The van der Waals surface area contributed by atoms with E-state index in [0.29, 0.717) is 22.5 Å². The molecule has 0 spiro atoms. The zero-order valence-corrected chi connectivity index (χ0v) is 11.9. The van der Waals surface area contributed by atoms with E-state index in [4.69, 9.17) is 26.6 Å². The summed E-state index contributed by atoms with van der Waals surface area (Å²) in [7, 11) is 0. The largest absolute Gasteiger partial charge is 0.481 e. The minimum atomic E-state index is -0.419. The van der Waals surface area contributed by atoms with Gasteiger partial charge in [-0.25, -0.2) is 0 Å². The van der Waals surface area contributed by atoms with Crippen LogP contribution < -0.4 is 10.5 Å². The number of aromatic nitrogens is 2. The Morgan fingerprint density at radius 3 is 2.90 bits per heavy atom. The fourth-order valence-corrected chi connectivity index (χ4v) is 2.36. The third-order valence-corrected chi connectivity index (χ3v) is 3.82. The predicted molar refractivity (Wildman–Crippen MR) is 74.5 cm³/mol. The summed E-state index contributed by atoms with van der Waals surface area (Å²) >= 11 is 5.92. The molecule has 1 atom stereocenters. The monoisotopic (exact) mass is 293 g/mol. The molecule has 0 bridgehead atoms. The second kappa shape index (κ2) is 5.07. The van der Waals surface area contributed by atoms with E-state index in [2.05, 4.69) is 10.1 Å². The third-order valence-electron chi connectivity index (χ3n) is 3.59. The molecule has 3 rings (SSSR count). The summed E-state index contributed by atoms with van der Waals surface area (Å²) in [6, 6.07) is 7.19. The van der Waals surface area contributed by atoms with Gasteiger partial charge in [0.2, 0.25) is 0 Å². The van der Waals surface area contributed by atoms with Crippen LogP contribution in [0.4, 0.5) is 0 Å². The van der Waals surface area contributed by atoms with Gasteiger partial charge in [0.1, 0.15) is 5.75 Å². The Hall–Kier alpha value is -1.59. The highest BCUT2D eigenvalue weighted by atomic mass is 35.5. The van der Waals surface area contributed by atoms with Crippen LogP contribution >= 0.6 is 11.6 Å². The van der Waals surface area contributed by atoms with Crippen LogP contribution in [-0.2, 0) is 5.54 Å². The van der Waals surface area contributed by atoms with Crippen LogP contribution in [0.2, 0.25) is 5.02 Å². The molecule has 20 heavy (non-hydrogen) atoms. The quantitative estimate of drug-likeness (QED) is 0.937. The molecule has 106 valence electrons. The van der Waals surface area contributed by atoms with Gasteiger partial charge in [-0.15, -0.1) is 0 Å². The van der Waals surface area contributed by atoms with E-state index in [0.717, 1.165) is 19.3 Å². The zero-order chi connectivity index (χ0) is 14.2. The molecule has 1 aliphatic rings. The molecule has 5 nitrogen and oxygen atoms in total. The summed E-state index contributed by atoms with van der Waals surface area (Å²) in [6.45, 7) is 1.85. The van der Waals surface area contributed by atoms with Crippen molar-refractivity contribution in [2.75, 3.05) is 0 Å². The van der Waals surface area contributed by atoms with Crippen molar-refractivity contribution in [3.63, 3.8) is 0 Å². The average Bonchev–Trinajstić information content (AvgIpc) is 2.86. The number of benzene rings is 1. The number of hydrogen-bond donors (Lipinski definition) is 1. The number of rotatable bonds is 4. The molecule has 6 heteroatoms. The average molecular weight is 294 g/mol. The van der Waals surface area contributed by atoms with E-state index < -0.39 is 5.54 Å². The molecule has 1 aliphatic carbocycles. The van der Waals surface area contributed by atoms with Crippen LogP contribution in [0.15, 0.2) is 28.8 Å². The normalized spacial score (nSPS) is 18.4. The van der Waals surface area contributed by atoms with Gasteiger partial charge in [-0.3, -0.25) is 0 Å². The molecule has 1 fully saturated rings. The number of nitrogens with two attached hydrogens (primary N) is 1. The molecule has 2 N–H and O–H groups in total. The van der Waals surface area contributed by atoms with Gasteiger partial charge in [0.05, 0.1) is 5.54 Å². The van der Waals surface area contributed by atoms with Crippen molar-refractivity contribution in [3.05, 3.63) is 41.0 Å². The lowest BCUT2D eigenvalue weighted by molar-refractivity contribution is 0.174. The Kier molecular flexibility index (Phi) is 3.40. The van der Waals surface area contributed by atoms with Crippen LogP contribution in [0, 0.1) is 0 Å². The fraction of sp³-hybridized carbons (Fsp3) is 0.429. The molecular weight excluding hydrogens is 278 g/mol. The van der Waals surface area contributed by atoms with E-state index in [1.807, 2.05) is 19.1 Å². The van der Waals surface area contributed by atoms with Gasteiger partial charge in [-0.05, 0) is 44.4 Å². The number of nitrogens with zero attached hydrogens (tertiary/aromatic N) is 2. The lowest BCUT2D eigenvalue weighted by Gasteiger charge is -2.34. The van der Waals surface area contributed by atoms with Crippen LogP contribution in [0.5, 0.6) is 5.75 Å². The minimum absolute atomic E-state index is 0.349. The fourth-order valence-electron chi connectivity index (χ4n) is 2.18. The van der Waals surface area contributed by atoms with Crippen molar-refractivity contribution in [2.45, 2.75) is 37.8 Å². The summed E-state index contributed by atoms with van der Waals surface area (Å²) in [4.78, 5) is 4.36. The first kappa shape index (κ1) is 13.4. The molecule has 0 amide bonds. The Balaban J connectivity index is 1.72. The van der Waals surface area contributed by atoms with Gasteiger partial charge >= 0.3 is 0 Å². The first-order valence-corrected chi connectivity index (χ1v) is 7.00. The van der Waals surface area contributed by atoms with E-state index >= 15 is 0 Å². The molecule has 1 aromatic carbocycles. The molecule has 1 heterocycles.